The van der Waals surface area contributed by atoms with Crippen molar-refractivity contribution < 1.29 is 0 Å². The summed E-state index contributed by atoms with van der Waals surface area (Å²) in [6.07, 6.45) is 5.67. The topological polar surface area (TPSA) is 46.0 Å². The molecule has 0 saturated carbocycles. The van der Waals surface area contributed by atoms with Crippen molar-refractivity contribution in [3.63, 3.8) is 0 Å². The molecule has 0 atom stereocenters. The highest BCUT2D eigenvalue weighted by atomic mass is 15.1. The molecule has 0 saturated heterocycles. The number of aromatic amines is 1. The number of nitrogens with zero attached hydrogens (tertiary/aromatic N) is 3. The maximum atomic E-state index is 4.45. The average molecular weight is 184 g/mol. The fraction of sp³-hybridized carbons (Fsp3) is 0. The van der Waals surface area contributed by atoms with Crippen LogP contribution in [0.2, 0.25) is 0 Å². The lowest BCUT2D eigenvalue weighted by atomic mass is 10.3. The Morgan fingerprint density at radius 3 is 3.00 bits per heavy atom. The van der Waals surface area contributed by atoms with E-state index in [1.54, 1.807) is 6.20 Å². The van der Waals surface area contributed by atoms with Gasteiger partial charge in [0.2, 0.25) is 0 Å². The van der Waals surface area contributed by atoms with Crippen molar-refractivity contribution in [3.05, 3.63) is 42.9 Å². The summed E-state index contributed by atoms with van der Waals surface area (Å²) in [7, 11) is 0. The third kappa shape index (κ3) is 1.01. The first kappa shape index (κ1) is 7.32. The van der Waals surface area contributed by atoms with Gasteiger partial charge in [-0.3, -0.25) is 5.10 Å². The van der Waals surface area contributed by atoms with Crippen molar-refractivity contribution in [2.45, 2.75) is 0 Å². The van der Waals surface area contributed by atoms with Gasteiger partial charge >= 0.3 is 0 Å². The van der Waals surface area contributed by atoms with E-state index in [9.17, 15) is 0 Å². The summed E-state index contributed by atoms with van der Waals surface area (Å²) in [6.45, 7) is 0. The van der Waals surface area contributed by atoms with Gasteiger partial charge in [0, 0.05) is 18.6 Å². The highest BCUT2D eigenvalue weighted by Crippen LogP contribution is 2.15. The Hall–Kier alpha value is -2.10. The molecule has 0 aliphatic carbocycles. The molecule has 0 bridgehead atoms. The molecule has 4 heteroatoms. The second kappa shape index (κ2) is 2.70. The summed E-state index contributed by atoms with van der Waals surface area (Å²) < 4.78 is 1.98. The Balaban J connectivity index is 2.24. The van der Waals surface area contributed by atoms with Crippen LogP contribution in [0.3, 0.4) is 0 Å². The molecule has 3 heterocycles. The quantitative estimate of drug-likeness (QED) is 0.626. The molecule has 0 unspecified atom stereocenters. The summed E-state index contributed by atoms with van der Waals surface area (Å²) in [6, 6.07) is 7.83. The Morgan fingerprint density at radius 1 is 1.21 bits per heavy atom. The van der Waals surface area contributed by atoms with Crippen LogP contribution < -0.4 is 0 Å². The van der Waals surface area contributed by atoms with Crippen LogP contribution in [0.1, 0.15) is 0 Å². The second-order valence-electron chi connectivity index (χ2n) is 3.06. The predicted molar refractivity (Wildman–Crippen MR) is 52.8 cm³/mol. The Bertz CT molecular complexity index is 517. The van der Waals surface area contributed by atoms with Gasteiger partial charge in [0.15, 0.2) is 0 Å². The average Bonchev–Trinajstić information content (AvgIpc) is 2.86. The fourth-order valence-corrected chi connectivity index (χ4v) is 1.46. The SMILES string of the molecule is c1ccn2cc(-c3ccn[nH]3)nc2c1. The number of rotatable bonds is 1. The molecule has 0 aromatic carbocycles. The van der Waals surface area contributed by atoms with Gasteiger partial charge < -0.3 is 4.40 Å². The molecule has 0 aliphatic rings. The van der Waals surface area contributed by atoms with E-state index < -0.39 is 0 Å². The molecule has 0 spiro atoms. The van der Waals surface area contributed by atoms with Crippen LogP contribution in [0.5, 0.6) is 0 Å². The zero-order valence-corrected chi connectivity index (χ0v) is 7.38. The number of H-pyrrole nitrogens is 1. The van der Waals surface area contributed by atoms with Crippen LogP contribution in [0.15, 0.2) is 42.9 Å². The highest BCUT2D eigenvalue weighted by molar-refractivity contribution is 5.58. The predicted octanol–water partition coefficient (Wildman–Crippen LogP) is 1.72. The van der Waals surface area contributed by atoms with Gasteiger partial charge in [-0.25, -0.2) is 4.98 Å². The van der Waals surface area contributed by atoms with Gasteiger partial charge in [0.05, 0.1) is 5.69 Å². The van der Waals surface area contributed by atoms with Crippen LogP contribution in [-0.4, -0.2) is 19.6 Å². The zero-order valence-electron chi connectivity index (χ0n) is 7.38. The molecule has 3 rings (SSSR count). The monoisotopic (exact) mass is 184 g/mol. The number of hydrogen-bond acceptors (Lipinski definition) is 2. The standard InChI is InChI=1S/C10H8N4/c1-2-6-14-7-9(12-10(14)3-1)8-4-5-11-13-8/h1-7H,(H,11,13). The first-order valence-corrected chi connectivity index (χ1v) is 4.37. The van der Waals surface area contributed by atoms with Gasteiger partial charge in [-0.1, -0.05) is 6.07 Å². The lowest BCUT2D eigenvalue weighted by Crippen LogP contribution is -1.77. The van der Waals surface area contributed by atoms with Crippen molar-refractivity contribution in [3.8, 4) is 11.4 Å². The molecular weight excluding hydrogens is 176 g/mol. The normalized spacial score (nSPS) is 10.9. The highest BCUT2D eigenvalue weighted by Gasteiger charge is 2.03. The second-order valence-corrected chi connectivity index (χ2v) is 3.06. The number of aromatic nitrogens is 4. The van der Waals surface area contributed by atoms with Crippen molar-refractivity contribution in [2.24, 2.45) is 0 Å². The largest absolute Gasteiger partial charge is 0.306 e. The van der Waals surface area contributed by atoms with E-state index in [2.05, 4.69) is 15.2 Å². The molecule has 3 aromatic rings. The van der Waals surface area contributed by atoms with Crippen LogP contribution in [0, 0.1) is 0 Å². The van der Waals surface area contributed by atoms with Gasteiger partial charge in [-0.15, -0.1) is 0 Å². The van der Waals surface area contributed by atoms with Crippen molar-refractivity contribution in [2.75, 3.05) is 0 Å². The van der Waals surface area contributed by atoms with E-state index in [-0.39, 0.29) is 0 Å². The van der Waals surface area contributed by atoms with Crippen LogP contribution >= 0.6 is 0 Å². The Labute approximate surface area is 80.2 Å². The summed E-state index contributed by atoms with van der Waals surface area (Å²) in [5.41, 5.74) is 2.79. The summed E-state index contributed by atoms with van der Waals surface area (Å²) in [4.78, 5) is 4.45. The summed E-state index contributed by atoms with van der Waals surface area (Å²) in [5.74, 6) is 0. The van der Waals surface area contributed by atoms with E-state index in [4.69, 9.17) is 0 Å². The minimum absolute atomic E-state index is 0.911. The lowest BCUT2D eigenvalue weighted by Gasteiger charge is -1.86. The Morgan fingerprint density at radius 2 is 2.21 bits per heavy atom. The van der Waals surface area contributed by atoms with Gasteiger partial charge in [-0.2, -0.15) is 5.10 Å². The first-order valence-electron chi connectivity index (χ1n) is 4.37. The van der Waals surface area contributed by atoms with Crippen molar-refractivity contribution in [1.29, 1.82) is 0 Å². The minimum Gasteiger partial charge on any atom is -0.306 e. The van der Waals surface area contributed by atoms with E-state index in [0.29, 0.717) is 0 Å². The van der Waals surface area contributed by atoms with Crippen molar-refractivity contribution in [1.82, 2.24) is 19.6 Å². The van der Waals surface area contributed by atoms with Gasteiger partial charge in [0.25, 0.3) is 0 Å². The van der Waals surface area contributed by atoms with E-state index in [0.717, 1.165) is 17.0 Å². The van der Waals surface area contributed by atoms with Crippen LogP contribution in [-0.2, 0) is 0 Å². The molecule has 0 amide bonds. The number of pyridine rings is 1. The maximum absolute atomic E-state index is 4.45. The molecular formula is C10H8N4. The number of nitrogens with one attached hydrogen (secondary N) is 1. The molecule has 0 fully saturated rings. The molecule has 0 radical (unpaired) electrons. The van der Waals surface area contributed by atoms with E-state index in [1.165, 1.54) is 0 Å². The Kier molecular flexibility index (Phi) is 1.41. The van der Waals surface area contributed by atoms with Crippen LogP contribution in [0.25, 0.3) is 17.0 Å². The zero-order chi connectivity index (χ0) is 9.38. The fourth-order valence-electron chi connectivity index (χ4n) is 1.46. The summed E-state index contributed by atoms with van der Waals surface area (Å²) >= 11 is 0. The number of hydrogen-bond donors (Lipinski definition) is 1. The summed E-state index contributed by atoms with van der Waals surface area (Å²) in [5, 5.41) is 6.78. The van der Waals surface area contributed by atoms with Crippen LogP contribution in [0.4, 0.5) is 0 Å². The molecule has 68 valence electrons. The van der Waals surface area contributed by atoms with Crippen molar-refractivity contribution >= 4 is 5.65 Å². The van der Waals surface area contributed by atoms with E-state index in [1.807, 2.05) is 41.1 Å². The molecule has 0 aliphatic heterocycles. The van der Waals surface area contributed by atoms with Gasteiger partial charge in [-0.05, 0) is 18.2 Å². The third-order valence-corrected chi connectivity index (χ3v) is 2.14. The lowest BCUT2D eigenvalue weighted by molar-refractivity contribution is 1.09. The minimum atomic E-state index is 0.911. The van der Waals surface area contributed by atoms with E-state index >= 15 is 0 Å². The van der Waals surface area contributed by atoms with Gasteiger partial charge in [0.1, 0.15) is 11.3 Å². The molecule has 14 heavy (non-hydrogen) atoms. The number of fused-ring (bicyclic) bond motifs is 1. The molecule has 3 aromatic heterocycles. The third-order valence-electron chi connectivity index (χ3n) is 2.14. The maximum Gasteiger partial charge on any atom is 0.137 e. The number of imidazole rings is 1. The first-order chi connectivity index (χ1) is 6.93. The smallest absolute Gasteiger partial charge is 0.137 e. The molecule has 1 N–H and O–H groups in total. The molecule has 4 nitrogen and oxygen atoms in total.